The first kappa shape index (κ1) is 21.9. The number of nitrogens with two attached hydrogens (primary N) is 1. The Hall–Kier alpha value is -3.39. The van der Waals surface area contributed by atoms with Gasteiger partial charge in [0, 0.05) is 12.6 Å². The number of phenols is 1. The Morgan fingerprint density at radius 1 is 1.10 bits per heavy atom. The number of aromatic carboxylic acids is 1. The van der Waals surface area contributed by atoms with E-state index in [1.54, 1.807) is 12.1 Å². The van der Waals surface area contributed by atoms with Crippen molar-refractivity contribution in [3.63, 3.8) is 0 Å². The highest BCUT2D eigenvalue weighted by molar-refractivity contribution is 6.00. The highest BCUT2D eigenvalue weighted by Gasteiger charge is 2.20. The van der Waals surface area contributed by atoms with Crippen molar-refractivity contribution in [1.29, 1.82) is 0 Å². The van der Waals surface area contributed by atoms with E-state index in [0.29, 0.717) is 36.2 Å². The summed E-state index contributed by atoms with van der Waals surface area (Å²) in [6.07, 6.45) is 1.86. The third-order valence-electron chi connectivity index (χ3n) is 4.32. The van der Waals surface area contributed by atoms with Gasteiger partial charge in [-0.05, 0) is 67.3 Å². The molecule has 0 radical (unpaired) electrons. The van der Waals surface area contributed by atoms with Crippen LogP contribution < -0.4 is 16.4 Å². The van der Waals surface area contributed by atoms with Crippen LogP contribution in [0.25, 0.3) is 11.1 Å². The molecule has 0 aromatic heterocycles. The zero-order valence-corrected chi connectivity index (χ0v) is 16.1. The number of carboxylic acids is 1. The summed E-state index contributed by atoms with van der Waals surface area (Å²) >= 11 is 0. The van der Waals surface area contributed by atoms with E-state index in [0.717, 1.165) is 6.42 Å². The van der Waals surface area contributed by atoms with Crippen LogP contribution in [0.4, 0.5) is 5.69 Å². The first-order valence-corrected chi connectivity index (χ1v) is 9.26. The molecule has 0 aliphatic rings. The van der Waals surface area contributed by atoms with Gasteiger partial charge in [-0.3, -0.25) is 9.59 Å². The molecule has 0 saturated carbocycles. The van der Waals surface area contributed by atoms with Crippen LogP contribution in [0.3, 0.4) is 0 Å². The Bertz CT molecular complexity index is 898. The Kier molecular flexibility index (Phi) is 7.73. The lowest BCUT2D eigenvalue weighted by Gasteiger charge is -2.18. The number of carbonyl (C=O) groups excluding carboxylic acids is 2. The van der Waals surface area contributed by atoms with E-state index in [9.17, 15) is 24.6 Å². The largest absolute Gasteiger partial charge is 0.508 e. The predicted molar refractivity (Wildman–Crippen MR) is 110 cm³/mol. The molecule has 0 unspecified atom stereocenters. The lowest BCUT2D eigenvalue weighted by molar-refractivity contribution is -0.125. The summed E-state index contributed by atoms with van der Waals surface area (Å²) in [5.41, 5.74) is 6.75. The molecule has 2 rings (SSSR count). The minimum atomic E-state index is -1.13. The summed E-state index contributed by atoms with van der Waals surface area (Å²) in [6, 6.07) is 9.88. The summed E-state index contributed by atoms with van der Waals surface area (Å²) in [4.78, 5) is 35.7. The van der Waals surface area contributed by atoms with E-state index in [-0.39, 0.29) is 17.2 Å². The SMILES string of the molecule is CC(=O)N[C@@H](CCCCN)C(=O)Nc1ccc(C(=O)O)c(-c2cccc(O)c2)c1. The van der Waals surface area contributed by atoms with Gasteiger partial charge < -0.3 is 26.6 Å². The average molecular weight is 399 g/mol. The standard InChI is InChI=1S/C21H25N3O5/c1-13(25)23-19(7-2-3-10-22)20(27)24-15-8-9-17(21(28)29)18(12-15)14-5-4-6-16(26)11-14/h4-6,8-9,11-12,19,26H,2-3,7,10,22H2,1H3,(H,23,25)(H,24,27)(H,28,29)/t19-/m0/s1. The normalized spacial score (nSPS) is 11.5. The van der Waals surface area contributed by atoms with E-state index in [1.165, 1.54) is 37.3 Å². The second kappa shape index (κ2) is 10.2. The Morgan fingerprint density at radius 3 is 2.48 bits per heavy atom. The molecular weight excluding hydrogens is 374 g/mol. The summed E-state index contributed by atoms with van der Waals surface area (Å²) in [7, 11) is 0. The maximum Gasteiger partial charge on any atom is 0.336 e. The molecule has 1 atom stereocenters. The maximum absolute atomic E-state index is 12.6. The maximum atomic E-state index is 12.6. The summed E-state index contributed by atoms with van der Waals surface area (Å²) < 4.78 is 0. The first-order chi connectivity index (χ1) is 13.8. The average Bonchev–Trinajstić information content (AvgIpc) is 2.66. The predicted octanol–water partition coefficient (Wildman–Crippen LogP) is 2.33. The molecule has 8 nitrogen and oxygen atoms in total. The van der Waals surface area contributed by atoms with Crippen molar-refractivity contribution in [1.82, 2.24) is 5.32 Å². The molecule has 6 N–H and O–H groups in total. The summed E-state index contributed by atoms with van der Waals surface area (Å²) in [5, 5.41) is 24.5. The fraction of sp³-hybridized carbons (Fsp3) is 0.286. The molecule has 0 aliphatic carbocycles. The van der Waals surface area contributed by atoms with Crippen LogP contribution in [0.15, 0.2) is 42.5 Å². The molecule has 8 heteroatoms. The van der Waals surface area contributed by atoms with E-state index >= 15 is 0 Å². The molecule has 154 valence electrons. The van der Waals surface area contributed by atoms with E-state index in [4.69, 9.17) is 5.73 Å². The topological polar surface area (TPSA) is 142 Å². The molecular formula is C21H25N3O5. The Balaban J connectivity index is 2.29. The van der Waals surface area contributed by atoms with E-state index in [1.807, 2.05) is 0 Å². The summed E-state index contributed by atoms with van der Waals surface area (Å²) in [5.74, 6) is -1.85. The van der Waals surface area contributed by atoms with Crippen molar-refractivity contribution in [3.05, 3.63) is 48.0 Å². The number of nitrogens with one attached hydrogen (secondary N) is 2. The molecule has 2 amide bonds. The van der Waals surface area contributed by atoms with Crippen molar-refractivity contribution in [2.24, 2.45) is 5.73 Å². The number of carboxylic acid groups (broad SMARTS) is 1. The van der Waals surface area contributed by atoms with Crippen molar-refractivity contribution in [3.8, 4) is 16.9 Å². The number of unbranched alkanes of at least 4 members (excludes halogenated alkanes) is 1. The molecule has 0 fully saturated rings. The molecule has 0 spiro atoms. The van der Waals surface area contributed by atoms with Crippen LogP contribution in [-0.2, 0) is 9.59 Å². The monoisotopic (exact) mass is 399 g/mol. The molecule has 2 aromatic rings. The lowest BCUT2D eigenvalue weighted by Crippen LogP contribution is -2.42. The zero-order chi connectivity index (χ0) is 21.4. The van der Waals surface area contributed by atoms with Gasteiger partial charge in [0.2, 0.25) is 11.8 Å². The fourth-order valence-corrected chi connectivity index (χ4v) is 2.96. The van der Waals surface area contributed by atoms with Crippen LogP contribution in [0.5, 0.6) is 5.75 Å². The van der Waals surface area contributed by atoms with Crippen molar-refractivity contribution < 1.29 is 24.6 Å². The van der Waals surface area contributed by atoms with Gasteiger partial charge in [0.1, 0.15) is 11.8 Å². The molecule has 0 heterocycles. The number of carbonyl (C=O) groups is 3. The minimum Gasteiger partial charge on any atom is -0.508 e. The third-order valence-corrected chi connectivity index (χ3v) is 4.32. The van der Waals surface area contributed by atoms with Gasteiger partial charge in [0.05, 0.1) is 5.56 Å². The third kappa shape index (κ3) is 6.32. The van der Waals surface area contributed by atoms with Gasteiger partial charge in [0.15, 0.2) is 0 Å². The van der Waals surface area contributed by atoms with Gasteiger partial charge in [0.25, 0.3) is 0 Å². The highest BCUT2D eigenvalue weighted by Crippen LogP contribution is 2.29. The van der Waals surface area contributed by atoms with Gasteiger partial charge in [-0.1, -0.05) is 12.1 Å². The number of benzene rings is 2. The lowest BCUT2D eigenvalue weighted by atomic mass is 9.98. The van der Waals surface area contributed by atoms with Crippen molar-refractivity contribution in [2.45, 2.75) is 32.2 Å². The van der Waals surface area contributed by atoms with Crippen LogP contribution >= 0.6 is 0 Å². The Labute approximate surface area is 168 Å². The van der Waals surface area contributed by atoms with Crippen LogP contribution in [0.2, 0.25) is 0 Å². The minimum absolute atomic E-state index is 0.00102. The number of hydrogen-bond acceptors (Lipinski definition) is 5. The molecule has 0 bridgehead atoms. The number of aromatic hydroxyl groups is 1. The number of anilines is 1. The molecule has 2 aromatic carbocycles. The highest BCUT2D eigenvalue weighted by atomic mass is 16.4. The fourth-order valence-electron chi connectivity index (χ4n) is 2.96. The molecule has 0 saturated heterocycles. The van der Waals surface area contributed by atoms with Gasteiger partial charge in [-0.15, -0.1) is 0 Å². The zero-order valence-electron chi connectivity index (χ0n) is 16.1. The number of rotatable bonds is 9. The van der Waals surface area contributed by atoms with Gasteiger partial charge in [-0.25, -0.2) is 4.79 Å². The summed E-state index contributed by atoms with van der Waals surface area (Å²) in [6.45, 7) is 1.84. The second-order valence-electron chi connectivity index (χ2n) is 6.64. The van der Waals surface area contributed by atoms with Crippen molar-refractivity contribution in [2.75, 3.05) is 11.9 Å². The van der Waals surface area contributed by atoms with E-state index in [2.05, 4.69) is 10.6 Å². The van der Waals surface area contributed by atoms with Crippen molar-refractivity contribution >= 4 is 23.5 Å². The van der Waals surface area contributed by atoms with Crippen LogP contribution in [0.1, 0.15) is 36.5 Å². The number of amides is 2. The Morgan fingerprint density at radius 2 is 1.86 bits per heavy atom. The number of hydrogen-bond donors (Lipinski definition) is 5. The number of phenolic OH excluding ortho intramolecular Hbond substituents is 1. The smallest absolute Gasteiger partial charge is 0.336 e. The van der Waals surface area contributed by atoms with Gasteiger partial charge in [-0.2, -0.15) is 0 Å². The second-order valence-corrected chi connectivity index (χ2v) is 6.64. The van der Waals surface area contributed by atoms with Gasteiger partial charge >= 0.3 is 5.97 Å². The van der Waals surface area contributed by atoms with E-state index < -0.39 is 17.9 Å². The molecule has 29 heavy (non-hydrogen) atoms. The molecule has 0 aliphatic heterocycles. The first-order valence-electron chi connectivity index (χ1n) is 9.26. The van der Waals surface area contributed by atoms with Crippen LogP contribution in [0, 0.1) is 0 Å². The quantitative estimate of drug-likeness (QED) is 0.410. The van der Waals surface area contributed by atoms with Crippen LogP contribution in [-0.4, -0.2) is 40.6 Å².